The normalized spacial score (nSPS) is 11.1. The number of nitrogens with zero attached hydrogens (tertiary/aromatic N) is 2. The molecule has 0 saturated carbocycles. The van der Waals surface area contributed by atoms with Gasteiger partial charge in [-0.25, -0.2) is 4.98 Å². The molecular formula is C10H13N3OS. The maximum absolute atomic E-state index is 12.0. The van der Waals surface area contributed by atoms with E-state index in [9.17, 15) is 4.79 Å². The molecule has 0 aliphatic heterocycles. The Bertz CT molecular complexity index is 556. The fourth-order valence-electron chi connectivity index (χ4n) is 1.64. The van der Waals surface area contributed by atoms with E-state index in [2.05, 4.69) is 4.98 Å². The van der Waals surface area contributed by atoms with Gasteiger partial charge in [0.25, 0.3) is 5.56 Å². The number of rotatable bonds is 2. The minimum atomic E-state index is 0.0379. The zero-order chi connectivity index (χ0) is 11.0. The van der Waals surface area contributed by atoms with E-state index >= 15 is 0 Å². The van der Waals surface area contributed by atoms with Crippen molar-refractivity contribution in [3.8, 4) is 0 Å². The predicted molar refractivity (Wildman–Crippen MR) is 62.2 cm³/mol. The molecule has 0 saturated heterocycles. The molecule has 0 aliphatic rings. The van der Waals surface area contributed by atoms with Crippen molar-refractivity contribution in [3.05, 3.63) is 27.1 Å². The van der Waals surface area contributed by atoms with Gasteiger partial charge in [-0.1, -0.05) is 0 Å². The van der Waals surface area contributed by atoms with Gasteiger partial charge in [-0.15, -0.1) is 11.3 Å². The number of aryl methyl sites for hydroxylation is 1. The smallest absolute Gasteiger partial charge is 0.262 e. The summed E-state index contributed by atoms with van der Waals surface area (Å²) in [7, 11) is 0. The number of hydrogen-bond acceptors (Lipinski definition) is 4. The lowest BCUT2D eigenvalue weighted by atomic mass is 10.3. The van der Waals surface area contributed by atoms with Gasteiger partial charge >= 0.3 is 0 Å². The Kier molecular flexibility index (Phi) is 2.58. The molecule has 80 valence electrons. The first kappa shape index (κ1) is 10.3. The van der Waals surface area contributed by atoms with E-state index in [1.54, 1.807) is 4.57 Å². The van der Waals surface area contributed by atoms with Crippen LogP contribution >= 0.6 is 11.3 Å². The monoisotopic (exact) mass is 223 g/mol. The molecule has 2 aromatic heterocycles. The molecule has 2 rings (SSSR count). The van der Waals surface area contributed by atoms with Crippen LogP contribution in [-0.4, -0.2) is 9.55 Å². The molecule has 2 aromatic rings. The van der Waals surface area contributed by atoms with Gasteiger partial charge in [0, 0.05) is 18.0 Å². The van der Waals surface area contributed by atoms with Gasteiger partial charge in [0.2, 0.25) is 0 Å². The Balaban J connectivity index is 2.82. The molecule has 2 heterocycles. The zero-order valence-electron chi connectivity index (χ0n) is 8.78. The van der Waals surface area contributed by atoms with Crippen molar-refractivity contribution in [1.29, 1.82) is 0 Å². The number of aromatic nitrogens is 2. The second kappa shape index (κ2) is 3.75. The molecule has 0 fully saturated rings. The summed E-state index contributed by atoms with van der Waals surface area (Å²) in [6, 6.07) is 1.85. The molecule has 15 heavy (non-hydrogen) atoms. The summed E-state index contributed by atoms with van der Waals surface area (Å²) in [4.78, 5) is 18.2. The molecule has 0 aliphatic carbocycles. The summed E-state index contributed by atoms with van der Waals surface area (Å²) >= 11 is 1.50. The molecule has 4 nitrogen and oxygen atoms in total. The molecule has 0 atom stereocenters. The molecular weight excluding hydrogens is 210 g/mol. The van der Waals surface area contributed by atoms with Crippen LogP contribution in [0.3, 0.4) is 0 Å². The van der Waals surface area contributed by atoms with Crippen LogP contribution in [0.2, 0.25) is 0 Å². The van der Waals surface area contributed by atoms with E-state index in [4.69, 9.17) is 5.73 Å². The lowest BCUT2D eigenvalue weighted by molar-refractivity contribution is 0.686. The van der Waals surface area contributed by atoms with Crippen LogP contribution in [0.15, 0.2) is 10.9 Å². The van der Waals surface area contributed by atoms with Crippen LogP contribution in [0.1, 0.15) is 17.6 Å². The highest BCUT2D eigenvalue weighted by Crippen LogP contribution is 2.20. The molecule has 0 amide bonds. The van der Waals surface area contributed by atoms with Gasteiger partial charge in [-0.05, 0) is 19.9 Å². The summed E-state index contributed by atoms with van der Waals surface area (Å²) < 4.78 is 1.68. The van der Waals surface area contributed by atoms with Gasteiger partial charge in [0.15, 0.2) is 0 Å². The van der Waals surface area contributed by atoms with Crippen LogP contribution in [0.4, 0.5) is 0 Å². The second-order valence-electron chi connectivity index (χ2n) is 3.34. The quantitative estimate of drug-likeness (QED) is 0.833. The van der Waals surface area contributed by atoms with Gasteiger partial charge in [0.1, 0.15) is 10.7 Å². The highest BCUT2D eigenvalue weighted by atomic mass is 32.1. The average molecular weight is 223 g/mol. The minimum Gasteiger partial charge on any atom is -0.326 e. The Labute approximate surface area is 91.4 Å². The summed E-state index contributed by atoms with van der Waals surface area (Å²) in [5.74, 6) is 0.764. The van der Waals surface area contributed by atoms with Crippen LogP contribution in [0, 0.1) is 6.92 Å². The fraction of sp³-hybridized carbons (Fsp3) is 0.400. The van der Waals surface area contributed by atoms with Crippen LogP contribution < -0.4 is 11.3 Å². The SMILES string of the molecule is CCn1c(C)nc2sc(CN)cc2c1=O. The standard InChI is InChI=1S/C10H13N3OS/c1-3-13-6(2)12-9-8(10(13)14)4-7(5-11)15-9/h4H,3,5,11H2,1-2H3. The maximum atomic E-state index is 12.0. The lowest BCUT2D eigenvalue weighted by Crippen LogP contribution is -2.22. The Morgan fingerprint density at radius 1 is 1.60 bits per heavy atom. The second-order valence-corrected chi connectivity index (χ2v) is 4.46. The summed E-state index contributed by atoms with van der Waals surface area (Å²) in [6.07, 6.45) is 0. The third kappa shape index (κ3) is 1.57. The Hall–Kier alpha value is -1.20. The molecule has 0 radical (unpaired) electrons. The van der Waals surface area contributed by atoms with Crippen LogP contribution in [-0.2, 0) is 13.1 Å². The summed E-state index contributed by atoms with van der Waals surface area (Å²) in [6.45, 7) is 4.91. The van der Waals surface area contributed by atoms with E-state index < -0.39 is 0 Å². The van der Waals surface area contributed by atoms with Crippen molar-refractivity contribution in [2.45, 2.75) is 26.9 Å². The van der Waals surface area contributed by atoms with Gasteiger partial charge in [-0.2, -0.15) is 0 Å². The van der Waals surface area contributed by atoms with Gasteiger partial charge < -0.3 is 5.73 Å². The molecule has 0 spiro atoms. The summed E-state index contributed by atoms with van der Waals surface area (Å²) in [5.41, 5.74) is 5.58. The van der Waals surface area contributed by atoms with Crippen molar-refractivity contribution >= 4 is 21.6 Å². The first-order chi connectivity index (χ1) is 7.17. The van der Waals surface area contributed by atoms with E-state index in [-0.39, 0.29) is 5.56 Å². The van der Waals surface area contributed by atoms with Crippen molar-refractivity contribution < 1.29 is 0 Å². The average Bonchev–Trinajstić information content (AvgIpc) is 2.61. The number of nitrogens with two attached hydrogens (primary N) is 1. The number of fused-ring (bicyclic) bond motifs is 1. The highest BCUT2D eigenvalue weighted by Gasteiger charge is 2.09. The maximum Gasteiger partial charge on any atom is 0.262 e. The first-order valence-corrected chi connectivity index (χ1v) is 5.69. The van der Waals surface area contributed by atoms with Gasteiger partial charge in [-0.3, -0.25) is 9.36 Å². The fourth-order valence-corrected chi connectivity index (χ4v) is 2.58. The molecule has 0 aromatic carbocycles. The molecule has 5 heteroatoms. The van der Waals surface area contributed by atoms with Crippen LogP contribution in [0.25, 0.3) is 10.2 Å². The van der Waals surface area contributed by atoms with Crippen LogP contribution in [0.5, 0.6) is 0 Å². The third-order valence-corrected chi connectivity index (χ3v) is 3.46. The number of thiophene rings is 1. The Morgan fingerprint density at radius 3 is 2.93 bits per heavy atom. The van der Waals surface area contributed by atoms with Crippen molar-refractivity contribution in [1.82, 2.24) is 9.55 Å². The first-order valence-electron chi connectivity index (χ1n) is 4.87. The minimum absolute atomic E-state index is 0.0379. The van der Waals surface area contributed by atoms with E-state index in [1.165, 1.54) is 11.3 Å². The molecule has 0 bridgehead atoms. The highest BCUT2D eigenvalue weighted by molar-refractivity contribution is 7.18. The van der Waals surface area contributed by atoms with Crippen molar-refractivity contribution in [3.63, 3.8) is 0 Å². The third-order valence-electron chi connectivity index (χ3n) is 2.41. The number of hydrogen-bond donors (Lipinski definition) is 1. The molecule has 0 unspecified atom stereocenters. The van der Waals surface area contributed by atoms with Crippen molar-refractivity contribution in [2.24, 2.45) is 5.73 Å². The predicted octanol–water partition coefficient (Wildman–Crippen LogP) is 1.25. The largest absolute Gasteiger partial charge is 0.326 e. The molecule has 2 N–H and O–H groups in total. The van der Waals surface area contributed by atoms with E-state index in [0.29, 0.717) is 18.5 Å². The van der Waals surface area contributed by atoms with E-state index in [0.717, 1.165) is 15.5 Å². The summed E-state index contributed by atoms with van der Waals surface area (Å²) in [5, 5.41) is 0.688. The topological polar surface area (TPSA) is 60.9 Å². The van der Waals surface area contributed by atoms with E-state index in [1.807, 2.05) is 19.9 Å². The zero-order valence-corrected chi connectivity index (χ0v) is 9.60. The van der Waals surface area contributed by atoms with Crippen molar-refractivity contribution in [2.75, 3.05) is 0 Å². The Morgan fingerprint density at radius 2 is 2.33 bits per heavy atom. The lowest BCUT2D eigenvalue weighted by Gasteiger charge is -2.04. The van der Waals surface area contributed by atoms with Gasteiger partial charge in [0.05, 0.1) is 5.39 Å².